The number of fused-ring (bicyclic) bond motifs is 1. The van der Waals surface area contributed by atoms with Crippen molar-refractivity contribution >= 4 is 33.0 Å². The van der Waals surface area contributed by atoms with Crippen molar-refractivity contribution in [2.75, 3.05) is 6.61 Å². The van der Waals surface area contributed by atoms with Crippen LogP contribution in [0.5, 0.6) is 5.75 Å². The first-order chi connectivity index (χ1) is 14.7. The fourth-order valence-electron chi connectivity index (χ4n) is 4.05. The minimum absolute atomic E-state index is 0.0656. The summed E-state index contributed by atoms with van der Waals surface area (Å²) in [5.74, 6) is -0.866. The Balaban J connectivity index is 2.79. The van der Waals surface area contributed by atoms with Crippen LogP contribution in [0.4, 0.5) is 4.39 Å². The number of carbonyl (C=O) groups is 1. The van der Waals surface area contributed by atoms with Crippen molar-refractivity contribution in [3.8, 4) is 5.75 Å². The van der Waals surface area contributed by atoms with Gasteiger partial charge in [0.15, 0.2) is 0 Å². The summed E-state index contributed by atoms with van der Waals surface area (Å²) < 4.78 is 22.1. The van der Waals surface area contributed by atoms with Gasteiger partial charge in [-0.1, -0.05) is 46.8 Å². The number of carboxylic acids is 1. The van der Waals surface area contributed by atoms with E-state index in [0.29, 0.717) is 29.1 Å². The van der Waals surface area contributed by atoms with Crippen molar-refractivity contribution in [1.29, 1.82) is 0 Å². The van der Waals surface area contributed by atoms with Crippen molar-refractivity contribution in [2.45, 2.75) is 67.2 Å². The van der Waals surface area contributed by atoms with E-state index in [1.54, 1.807) is 13.8 Å². The summed E-state index contributed by atoms with van der Waals surface area (Å²) in [6.07, 6.45) is 7.02. The molecular formula is C27H34BrFO3. The van der Waals surface area contributed by atoms with Gasteiger partial charge in [0.25, 0.3) is 0 Å². The van der Waals surface area contributed by atoms with E-state index >= 15 is 4.39 Å². The van der Waals surface area contributed by atoms with E-state index in [2.05, 4.69) is 56.6 Å². The summed E-state index contributed by atoms with van der Waals surface area (Å²) in [6, 6.07) is 2.05. The fraction of sp³-hybridized carbons (Fsp3) is 0.444. The maximum Gasteiger partial charge on any atom is 0.328 e. The summed E-state index contributed by atoms with van der Waals surface area (Å²) in [7, 11) is 0. The Labute approximate surface area is 199 Å². The van der Waals surface area contributed by atoms with Crippen LogP contribution >= 0.6 is 15.9 Å². The van der Waals surface area contributed by atoms with Gasteiger partial charge in [0.05, 0.1) is 11.1 Å². The van der Waals surface area contributed by atoms with Crippen molar-refractivity contribution in [3.05, 3.63) is 62.9 Å². The van der Waals surface area contributed by atoms with Gasteiger partial charge in [0.2, 0.25) is 0 Å². The second-order valence-corrected chi connectivity index (χ2v) is 10.7. The molecule has 0 unspecified atom stereocenters. The fourth-order valence-corrected chi connectivity index (χ4v) is 5.13. The average Bonchev–Trinajstić information content (AvgIpc) is 2.65. The molecule has 3 nitrogen and oxygen atoms in total. The van der Waals surface area contributed by atoms with Crippen LogP contribution < -0.4 is 4.74 Å². The highest BCUT2D eigenvalue weighted by molar-refractivity contribution is 9.10. The molecule has 0 radical (unpaired) electrons. The van der Waals surface area contributed by atoms with E-state index in [0.717, 1.165) is 22.5 Å². The number of aliphatic carboxylic acids is 1. The van der Waals surface area contributed by atoms with Gasteiger partial charge in [-0.25, -0.2) is 9.18 Å². The highest BCUT2D eigenvalue weighted by Crippen LogP contribution is 2.52. The largest absolute Gasteiger partial charge is 0.492 e. The van der Waals surface area contributed by atoms with Crippen LogP contribution in [0.2, 0.25) is 0 Å². The average molecular weight is 505 g/mol. The molecule has 1 aliphatic rings. The first-order valence-corrected chi connectivity index (χ1v) is 11.7. The zero-order valence-electron chi connectivity index (χ0n) is 20.3. The Kier molecular flexibility index (Phi) is 7.98. The van der Waals surface area contributed by atoms with E-state index in [-0.39, 0.29) is 10.8 Å². The maximum atomic E-state index is 15.2. The molecule has 1 aromatic rings. The SMILES string of the molecule is CCOc1c(C(C)=C(F)C=CC(C)=CC(=O)O)cc2c(c1Br)C(C)(C)CC=C2C(C)(C)C. The molecule has 0 saturated heterocycles. The minimum Gasteiger partial charge on any atom is -0.492 e. The highest BCUT2D eigenvalue weighted by Gasteiger charge is 2.36. The number of rotatable bonds is 6. The predicted molar refractivity (Wildman–Crippen MR) is 135 cm³/mol. The zero-order chi connectivity index (χ0) is 24.4. The molecule has 174 valence electrons. The Morgan fingerprint density at radius 1 is 1.28 bits per heavy atom. The number of benzene rings is 1. The van der Waals surface area contributed by atoms with E-state index in [1.807, 2.05) is 13.0 Å². The van der Waals surface area contributed by atoms with E-state index in [1.165, 1.54) is 23.3 Å². The van der Waals surface area contributed by atoms with Gasteiger partial charge in [-0.05, 0) is 93.9 Å². The third-order valence-corrected chi connectivity index (χ3v) is 6.46. The molecule has 0 saturated carbocycles. The van der Waals surface area contributed by atoms with E-state index in [4.69, 9.17) is 9.84 Å². The van der Waals surface area contributed by atoms with Crippen molar-refractivity contribution in [2.24, 2.45) is 5.41 Å². The number of ether oxygens (including phenoxy) is 1. The Bertz CT molecular complexity index is 1030. The maximum absolute atomic E-state index is 15.2. The van der Waals surface area contributed by atoms with Gasteiger partial charge in [-0.2, -0.15) is 0 Å². The van der Waals surface area contributed by atoms with Crippen LogP contribution in [-0.2, 0) is 10.2 Å². The predicted octanol–water partition coefficient (Wildman–Crippen LogP) is 8.25. The molecule has 0 amide bonds. The van der Waals surface area contributed by atoms with Gasteiger partial charge in [-0.15, -0.1) is 0 Å². The van der Waals surface area contributed by atoms with Crippen molar-refractivity contribution in [1.82, 2.24) is 0 Å². The van der Waals surface area contributed by atoms with E-state index in [9.17, 15) is 4.79 Å². The molecule has 0 atom stereocenters. The van der Waals surface area contributed by atoms with Crippen LogP contribution in [0.1, 0.15) is 78.5 Å². The monoisotopic (exact) mass is 504 g/mol. The molecule has 0 bridgehead atoms. The van der Waals surface area contributed by atoms with Crippen LogP contribution in [0, 0.1) is 5.41 Å². The number of allylic oxidation sites excluding steroid dienone is 7. The Hall–Kier alpha value is -2.14. The molecule has 0 heterocycles. The van der Waals surface area contributed by atoms with Crippen LogP contribution in [0.3, 0.4) is 0 Å². The molecule has 1 aliphatic carbocycles. The first kappa shape index (κ1) is 26.1. The normalized spacial score (nSPS) is 17.1. The van der Waals surface area contributed by atoms with Gasteiger partial charge >= 0.3 is 5.97 Å². The quantitative estimate of drug-likeness (QED) is 0.313. The van der Waals surface area contributed by atoms with Crippen molar-refractivity contribution < 1.29 is 19.0 Å². The topological polar surface area (TPSA) is 46.5 Å². The summed E-state index contributed by atoms with van der Waals surface area (Å²) >= 11 is 3.81. The number of carboxylic acid groups (broad SMARTS) is 1. The number of hydrogen-bond acceptors (Lipinski definition) is 2. The second-order valence-electron chi connectivity index (χ2n) is 9.91. The Morgan fingerprint density at radius 2 is 1.91 bits per heavy atom. The molecule has 0 aromatic heterocycles. The molecule has 5 heteroatoms. The zero-order valence-corrected chi connectivity index (χ0v) is 21.9. The van der Waals surface area contributed by atoms with Gasteiger partial charge in [-0.3, -0.25) is 0 Å². The van der Waals surface area contributed by atoms with Crippen LogP contribution in [0.25, 0.3) is 11.1 Å². The lowest BCUT2D eigenvalue weighted by Crippen LogP contribution is -2.26. The van der Waals surface area contributed by atoms with Gasteiger partial charge < -0.3 is 9.84 Å². The van der Waals surface area contributed by atoms with Crippen LogP contribution in [-0.4, -0.2) is 17.7 Å². The summed E-state index contributed by atoms with van der Waals surface area (Å²) in [6.45, 7) is 16.7. The van der Waals surface area contributed by atoms with Gasteiger partial charge in [0.1, 0.15) is 11.6 Å². The molecule has 1 N–H and O–H groups in total. The number of hydrogen-bond donors (Lipinski definition) is 1. The highest BCUT2D eigenvalue weighted by atomic mass is 79.9. The summed E-state index contributed by atoms with van der Waals surface area (Å²) in [5.41, 5.74) is 4.95. The molecule has 32 heavy (non-hydrogen) atoms. The number of halogens is 2. The van der Waals surface area contributed by atoms with Gasteiger partial charge in [0, 0.05) is 11.6 Å². The Morgan fingerprint density at radius 3 is 2.44 bits per heavy atom. The summed E-state index contributed by atoms with van der Waals surface area (Å²) in [5, 5.41) is 8.86. The molecule has 0 aliphatic heterocycles. The minimum atomic E-state index is -1.06. The third kappa shape index (κ3) is 5.61. The molecule has 2 rings (SSSR count). The van der Waals surface area contributed by atoms with E-state index < -0.39 is 11.8 Å². The smallest absolute Gasteiger partial charge is 0.328 e. The van der Waals surface area contributed by atoms with Crippen molar-refractivity contribution in [3.63, 3.8) is 0 Å². The lowest BCUT2D eigenvalue weighted by molar-refractivity contribution is -0.131. The standard InChI is InChI=1S/C27H34BrFO3/c1-9-32-25-18(17(3)21(29)11-10-16(2)14-22(30)31)15-19-20(26(4,5)6)12-13-27(7,8)23(19)24(25)28/h10-12,14-15H,9,13H2,1-8H3,(H,30,31). The molecule has 0 spiro atoms. The molecule has 1 aromatic carbocycles. The second kappa shape index (κ2) is 9.78. The molecular weight excluding hydrogens is 471 g/mol. The summed E-state index contributed by atoms with van der Waals surface area (Å²) in [4.78, 5) is 10.8. The lowest BCUT2D eigenvalue weighted by Gasteiger charge is -2.38. The van der Waals surface area contributed by atoms with Crippen LogP contribution in [0.15, 0.2) is 46.2 Å². The third-order valence-electron chi connectivity index (χ3n) is 5.71. The first-order valence-electron chi connectivity index (χ1n) is 10.9. The lowest BCUT2D eigenvalue weighted by atomic mass is 9.67. The molecule has 0 fully saturated rings.